The number of rotatable bonds is 3. The van der Waals surface area contributed by atoms with Crippen molar-refractivity contribution in [2.45, 2.75) is 13.8 Å². The molecule has 0 amide bonds. The van der Waals surface area contributed by atoms with Gasteiger partial charge in [0.2, 0.25) is 0 Å². The Labute approximate surface area is 110 Å². The van der Waals surface area contributed by atoms with Crippen LogP contribution in [0.2, 0.25) is 0 Å². The average Bonchev–Trinajstić information content (AvgIpc) is 2.76. The van der Waals surface area contributed by atoms with Crippen molar-refractivity contribution in [2.24, 2.45) is 0 Å². The van der Waals surface area contributed by atoms with Crippen LogP contribution in [-0.4, -0.2) is 31.2 Å². The monoisotopic (exact) mass is 262 g/mol. The van der Waals surface area contributed by atoms with Crippen LogP contribution in [0.15, 0.2) is 24.8 Å². The minimum Gasteiger partial charge on any atom is -0.363 e. The standard InChI is InChI=1S/C11H14N6S/c1-3-12-11(18)16-9-6-10(15-7-14-9)17-5-4-13-8(17)2/h4-7H,3H2,1-2H3,(H2,12,14,15,16,18). The molecule has 7 heteroatoms. The van der Waals surface area contributed by atoms with Crippen LogP contribution in [0.4, 0.5) is 5.82 Å². The summed E-state index contributed by atoms with van der Waals surface area (Å²) in [7, 11) is 0. The van der Waals surface area contributed by atoms with Crippen LogP contribution in [0.1, 0.15) is 12.7 Å². The summed E-state index contributed by atoms with van der Waals surface area (Å²) in [6.07, 6.45) is 5.07. The fourth-order valence-electron chi connectivity index (χ4n) is 1.49. The van der Waals surface area contributed by atoms with Gasteiger partial charge in [-0.25, -0.2) is 15.0 Å². The van der Waals surface area contributed by atoms with E-state index in [1.54, 1.807) is 6.20 Å². The van der Waals surface area contributed by atoms with Gasteiger partial charge in [-0.1, -0.05) is 0 Å². The van der Waals surface area contributed by atoms with Crippen LogP contribution < -0.4 is 10.6 Å². The number of aromatic nitrogens is 4. The van der Waals surface area contributed by atoms with Crippen LogP contribution >= 0.6 is 12.2 Å². The number of nitrogens with zero attached hydrogens (tertiary/aromatic N) is 4. The van der Waals surface area contributed by atoms with Gasteiger partial charge in [-0.15, -0.1) is 0 Å². The smallest absolute Gasteiger partial charge is 0.171 e. The molecule has 2 heterocycles. The lowest BCUT2D eigenvalue weighted by Crippen LogP contribution is -2.28. The lowest BCUT2D eigenvalue weighted by Gasteiger charge is -2.09. The maximum absolute atomic E-state index is 5.10. The second-order valence-corrected chi connectivity index (χ2v) is 4.00. The number of imidazole rings is 1. The summed E-state index contributed by atoms with van der Waals surface area (Å²) in [6.45, 7) is 4.66. The highest BCUT2D eigenvalue weighted by atomic mass is 32.1. The molecule has 0 aliphatic heterocycles. The molecule has 94 valence electrons. The van der Waals surface area contributed by atoms with E-state index in [1.807, 2.05) is 30.7 Å². The SMILES string of the molecule is CCNC(=S)Nc1cc(-n2ccnc2C)ncn1. The molecule has 0 saturated carbocycles. The van der Waals surface area contributed by atoms with Gasteiger partial charge in [0, 0.05) is 25.0 Å². The van der Waals surface area contributed by atoms with Crippen molar-refractivity contribution in [1.29, 1.82) is 0 Å². The van der Waals surface area contributed by atoms with E-state index in [9.17, 15) is 0 Å². The second kappa shape index (κ2) is 5.54. The van der Waals surface area contributed by atoms with E-state index in [0.717, 1.165) is 18.2 Å². The molecule has 0 fully saturated rings. The van der Waals surface area contributed by atoms with Crippen LogP contribution in [-0.2, 0) is 0 Å². The first-order chi connectivity index (χ1) is 8.70. The summed E-state index contributed by atoms with van der Waals surface area (Å²) in [6, 6.07) is 1.82. The predicted molar refractivity (Wildman–Crippen MR) is 73.8 cm³/mol. The Morgan fingerprint density at radius 1 is 1.39 bits per heavy atom. The van der Waals surface area contributed by atoms with Crippen molar-refractivity contribution in [3.63, 3.8) is 0 Å². The van der Waals surface area contributed by atoms with Crippen molar-refractivity contribution in [3.8, 4) is 5.82 Å². The molecule has 18 heavy (non-hydrogen) atoms. The van der Waals surface area contributed by atoms with Crippen LogP contribution in [0.3, 0.4) is 0 Å². The Hall–Kier alpha value is -2.02. The third-order valence-corrected chi connectivity index (χ3v) is 2.55. The molecule has 0 aromatic carbocycles. The number of anilines is 1. The fraction of sp³-hybridized carbons (Fsp3) is 0.273. The number of hydrogen-bond acceptors (Lipinski definition) is 4. The average molecular weight is 262 g/mol. The minimum absolute atomic E-state index is 0.546. The summed E-state index contributed by atoms with van der Waals surface area (Å²) >= 11 is 5.10. The third kappa shape index (κ3) is 2.80. The molecule has 2 aromatic heterocycles. The molecule has 0 spiro atoms. The number of thiocarbonyl (C=S) groups is 1. The Balaban J connectivity index is 2.20. The topological polar surface area (TPSA) is 67.7 Å². The van der Waals surface area contributed by atoms with E-state index >= 15 is 0 Å². The normalized spacial score (nSPS) is 10.1. The maximum atomic E-state index is 5.10. The van der Waals surface area contributed by atoms with E-state index < -0.39 is 0 Å². The molecular formula is C11H14N6S. The van der Waals surface area contributed by atoms with Crippen molar-refractivity contribution in [2.75, 3.05) is 11.9 Å². The Kier molecular flexibility index (Phi) is 3.83. The molecule has 6 nitrogen and oxygen atoms in total. The summed E-state index contributed by atoms with van der Waals surface area (Å²) in [4.78, 5) is 12.5. The molecular weight excluding hydrogens is 248 g/mol. The molecule has 0 saturated heterocycles. The first-order valence-corrected chi connectivity index (χ1v) is 5.98. The highest BCUT2D eigenvalue weighted by Gasteiger charge is 2.04. The van der Waals surface area contributed by atoms with E-state index in [1.165, 1.54) is 6.33 Å². The van der Waals surface area contributed by atoms with E-state index in [-0.39, 0.29) is 0 Å². The van der Waals surface area contributed by atoms with Gasteiger partial charge in [0.1, 0.15) is 23.8 Å². The quantitative estimate of drug-likeness (QED) is 0.812. The van der Waals surface area contributed by atoms with Gasteiger partial charge in [-0.2, -0.15) is 0 Å². The van der Waals surface area contributed by atoms with E-state index in [0.29, 0.717) is 10.9 Å². The third-order valence-electron chi connectivity index (χ3n) is 2.30. The van der Waals surface area contributed by atoms with E-state index in [2.05, 4.69) is 25.6 Å². The molecule has 0 radical (unpaired) electrons. The molecule has 0 aliphatic carbocycles. The van der Waals surface area contributed by atoms with Crippen LogP contribution in [0.5, 0.6) is 0 Å². The van der Waals surface area contributed by atoms with Crippen molar-refractivity contribution < 1.29 is 0 Å². The molecule has 0 atom stereocenters. The summed E-state index contributed by atoms with van der Waals surface area (Å²) < 4.78 is 1.88. The van der Waals surface area contributed by atoms with Crippen molar-refractivity contribution in [3.05, 3.63) is 30.6 Å². The molecule has 2 rings (SSSR count). The van der Waals surface area contributed by atoms with Gasteiger partial charge in [-0.3, -0.25) is 4.57 Å². The number of aryl methyl sites for hydroxylation is 1. The van der Waals surface area contributed by atoms with Gasteiger partial charge in [0.25, 0.3) is 0 Å². The van der Waals surface area contributed by atoms with Crippen molar-refractivity contribution in [1.82, 2.24) is 24.8 Å². The fourth-order valence-corrected chi connectivity index (χ4v) is 1.74. The highest BCUT2D eigenvalue weighted by molar-refractivity contribution is 7.80. The summed E-state index contributed by atoms with van der Waals surface area (Å²) in [5.74, 6) is 2.27. The van der Waals surface area contributed by atoms with Gasteiger partial charge in [-0.05, 0) is 26.1 Å². The molecule has 2 aromatic rings. The van der Waals surface area contributed by atoms with Crippen LogP contribution in [0, 0.1) is 6.92 Å². The highest BCUT2D eigenvalue weighted by Crippen LogP contribution is 2.10. The minimum atomic E-state index is 0.546. The summed E-state index contributed by atoms with van der Waals surface area (Å²) in [5, 5.41) is 6.55. The second-order valence-electron chi connectivity index (χ2n) is 3.59. The zero-order chi connectivity index (χ0) is 13.0. The number of nitrogens with one attached hydrogen (secondary N) is 2. The zero-order valence-corrected chi connectivity index (χ0v) is 11.0. The molecule has 2 N–H and O–H groups in total. The zero-order valence-electron chi connectivity index (χ0n) is 10.2. The first-order valence-electron chi connectivity index (χ1n) is 5.58. The number of hydrogen-bond donors (Lipinski definition) is 2. The predicted octanol–water partition coefficient (Wildman–Crippen LogP) is 1.28. The summed E-state index contributed by atoms with van der Waals surface area (Å²) in [5.41, 5.74) is 0. The van der Waals surface area contributed by atoms with Gasteiger partial charge >= 0.3 is 0 Å². The lowest BCUT2D eigenvalue weighted by atomic mass is 10.5. The van der Waals surface area contributed by atoms with Crippen LogP contribution in [0.25, 0.3) is 5.82 Å². The van der Waals surface area contributed by atoms with Gasteiger partial charge in [0.15, 0.2) is 5.11 Å². The van der Waals surface area contributed by atoms with Gasteiger partial charge in [0.05, 0.1) is 0 Å². The first kappa shape index (κ1) is 12.4. The Bertz CT molecular complexity index is 550. The van der Waals surface area contributed by atoms with Gasteiger partial charge < -0.3 is 10.6 Å². The molecule has 0 bridgehead atoms. The Morgan fingerprint density at radius 2 is 2.22 bits per heavy atom. The lowest BCUT2D eigenvalue weighted by molar-refractivity contribution is 0.920. The Morgan fingerprint density at radius 3 is 2.89 bits per heavy atom. The largest absolute Gasteiger partial charge is 0.363 e. The molecule has 0 aliphatic rings. The van der Waals surface area contributed by atoms with E-state index in [4.69, 9.17) is 12.2 Å². The van der Waals surface area contributed by atoms with Crippen molar-refractivity contribution >= 4 is 23.1 Å². The maximum Gasteiger partial charge on any atom is 0.171 e. The molecule has 0 unspecified atom stereocenters.